The smallest absolute Gasteiger partial charge is 0.408 e. The summed E-state index contributed by atoms with van der Waals surface area (Å²) >= 11 is 1.55. The summed E-state index contributed by atoms with van der Waals surface area (Å²) in [6.45, 7) is 1.81. The molecule has 0 bridgehead atoms. The average molecular weight is 368 g/mol. The molecular formula is C17H24N2O5S. The van der Waals surface area contributed by atoms with E-state index < -0.39 is 24.0 Å². The highest BCUT2D eigenvalue weighted by Gasteiger charge is 2.21. The lowest BCUT2D eigenvalue weighted by Crippen LogP contribution is -2.48. The van der Waals surface area contributed by atoms with E-state index in [2.05, 4.69) is 10.6 Å². The number of esters is 1. The second-order valence-electron chi connectivity index (χ2n) is 5.06. The fraction of sp³-hybridized carbons (Fsp3) is 0.471. The Kier molecular flexibility index (Phi) is 10.2. The maximum atomic E-state index is 12.2. The molecule has 8 heteroatoms. The average Bonchev–Trinajstić information content (AvgIpc) is 2.62. The summed E-state index contributed by atoms with van der Waals surface area (Å²) in [6, 6.07) is 8.47. The van der Waals surface area contributed by atoms with Crippen molar-refractivity contribution in [1.82, 2.24) is 10.6 Å². The summed E-state index contributed by atoms with van der Waals surface area (Å²) in [5.41, 5.74) is 0.852. The summed E-state index contributed by atoms with van der Waals surface area (Å²) in [7, 11) is 0. The van der Waals surface area contributed by atoms with Crippen molar-refractivity contribution in [2.75, 3.05) is 25.2 Å². The van der Waals surface area contributed by atoms with Crippen LogP contribution < -0.4 is 10.6 Å². The van der Waals surface area contributed by atoms with Crippen LogP contribution in [0.2, 0.25) is 0 Å². The minimum atomic E-state index is -0.773. The van der Waals surface area contributed by atoms with Crippen LogP contribution in [0.5, 0.6) is 0 Å². The van der Waals surface area contributed by atoms with Crippen LogP contribution in [-0.2, 0) is 25.7 Å². The molecule has 1 rings (SSSR count). The zero-order chi connectivity index (χ0) is 18.5. The van der Waals surface area contributed by atoms with Gasteiger partial charge in [-0.1, -0.05) is 30.3 Å². The van der Waals surface area contributed by atoms with Crippen molar-refractivity contribution < 1.29 is 23.9 Å². The Hall–Kier alpha value is -2.22. The van der Waals surface area contributed by atoms with Crippen molar-refractivity contribution in [1.29, 1.82) is 0 Å². The van der Waals surface area contributed by atoms with E-state index in [4.69, 9.17) is 9.47 Å². The van der Waals surface area contributed by atoms with Gasteiger partial charge in [-0.2, -0.15) is 11.8 Å². The number of carbonyl (C=O) groups excluding carboxylic acids is 3. The van der Waals surface area contributed by atoms with E-state index in [1.807, 2.05) is 36.6 Å². The molecule has 0 saturated heterocycles. The van der Waals surface area contributed by atoms with Gasteiger partial charge in [-0.25, -0.2) is 4.79 Å². The van der Waals surface area contributed by atoms with E-state index in [0.29, 0.717) is 12.2 Å². The Bertz CT molecular complexity index is 553. The second-order valence-corrected chi connectivity index (χ2v) is 6.05. The molecule has 0 aromatic heterocycles. The molecule has 25 heavy (non-hydrogen) atoms. The normalized spacial score (nSPS) is 11.3. The molecule has 0 unspecified atom stereocenters. The van der Waals surface area contributed by atoms with Crippen molar-refractivity contribution >= 4 is 29.7 Å². The zero-order valence-corrected chi connectivity index (χ0v) is 15.3. The maximum Gasteiger partial charge on any atom is 0.408 e. The van der Waals surface area contributed by atoms with E-state index in [1.165, 1.54) is 0 Å². The number of rotatable bonds is 10. The van der Waals surface area contributed by atoms with Gasteiger partial charge in [0.1, 0.15) is 19.2 Å². The molecule has 1 atom stereocenters. The molecule has 1 aromatic carbocycles. The number of amides is 2. The van der Waals surface area contributed by atoms with E-state index in [0.717, 1.165) is 5.56 Å². The Balaban J connectivity index is 2.48. The van der Waals surface area contributed by atoms with E-state index >= 15 is 0 Å². The molecule has 1 aromatic rings. The number of nitrogens with one attached hydrogen (secondary N) is 2. The highest BCUT2D eigenvalue weighted by atomic mass is 32.2. The van der Waals surface area contributed by atoms with Crippen LogP contribution in [0.4, 0.5) is 4.79 Å². The van der Waals surface area contributed by atoms with E-state index in [1.54, 1.807) is 18.7 Å². The number of ether oxygens (including phenoxy) is 2. The molecule has 2 N–H and O–H groups in total. The van der Waals surface area contributed by atoms with Crippen LogP contribution >= 0.6 is 11.8 Å². The minimum absolute atomic E-state index is 0.117. The van der Waals surface area contributed by atoms with Gasteiger partial charge in [-0.05, 0) is 30.9 Å². The molecule has 0 spiro atoms. The molecule has 0 aliphatic heterocycles. The molecular weight excluding hydrogens is 344 g/mol. The summed E-state index contributed by atoms with van der Waals surface area (Å²) < 4.78 is 9.88. The van der Waals surface area contributed by atoms with Gasteiger partial charge in [-0.3, -0.25) is 9.59 Å². The standard InChI is InChI=1S/C17H24N2O5S/c1-3-23-15(20)11-18-16(21)14(9-10-25-2)19-17(22)24-12-13-7-5-4-6-8-13/h4-8,14H,3,9-12H2,1-2H3,(H,18,21)(H,19,22)/t14-/m1/s1. The van der Waals surface area contributed by atoms with Crippen molar-refractivity contribution in [3.05, 3.63) is 35.9 Å². The Labute approximate surface area is 151 Å². The molecule has 0 aliphatic rings. The lowest BCUT2D eigenvalue weighted by molar-refractivity contribution is -0.143. The Morgan fingerprint density at radius 2 is 1.88 bits per heavy atom. The van der Waals surface area contributed by atoms with Crippen molar-refractivity contribution in [2.45, 2.75) is 26.0 Å². The van der Waals surface area contributed by atoms with Gasteiger partial charge < -0.3 is 20.1 Å². The van der Waals surface area contributed by atoms with Gasteiger partial charge in [-0.15, -0.1) is 0 Å². The van der Waals surface area contributed by atoms with Crippen molar-refractivity contribution in [3.63, 3.8) is 0 Å². The SMILES string of the molecule is CCOC(=O)CNC(=O)[C@@H](CCSC)NC(=O)OCc1ccccc1. The molecule has 0 fully saturated rings. The van der Waals surface area contributed by atoms with Crippen LogP contribution in [0.25, 0.3) is 0 Å². The summed E-state index contributed by atoms with van der Waals surface area (Å²) in [5, 5.41) is 5.00. The molecule has 2 amide bonds. The van der Waals surface area contributed by atoms with E-state index in [-0.39, 0.29) is 19.8 Å². The summed E-state index contributed by atoms with van der Waals surface area (Å²) in [5.74, 6) is -0.291. The van der Waals surface area contributed by atoms with Crippen molar-refractivity contribution in [2.24, 2.45) is 0 Å². The van der Waals surface area contributed by atoms with Crippen LogP contribution in [0, 0.1) is 0 Å². The van der Waals surface area contributed by atoms with Crippen molar-refractivity contribution in [3.8, 4) is 0 Å². The molecule has 0 saturated carbocycles. The Morgan fingerprint density at radius 3 is 2.52 bits per heavy atom. The second kappa shape index (κ2) is 12.2. The van der Waals surface area contributed by atoms with Crippen LogP contribution in [0.15, 0.2) is 30.3 Å². The zero-order valence-electron chi connectivity index (χ0n) is 14.4. The van der Waals surface area contributed by atoms with E-state index in [9.17, 15) is 14.4 Å². The quantitative estimate of drug-likeness (QED) is 0.611. The minimum Gasteiger partial charge on any atom is -0.465 e. The van der Waals surface area contributed by atoms with Crippen LogP contribution in [0.3, 0.4) is 0 Å². The lowest BCUT2D eigenvalue weighted by Gasteiger charge is -2.17. The predicted octanol–water partition coefficient (Wildman–Crippen LogP) is 1.71. The van der Waals surface area contributed by atoms with Crippen LogP contribution in [0.1, 0.15) is 18.9 Å². The molecule has 138 valence electrons. The first-order valence-corrected chi connectivity index (χ1v) is 9.35. The van der Waals surface area contributed by atoms with Gasteiger partial charge >= 0.3 is 12.1 Å². The van der Waals surface area contributed by atoms with Gasteiger partial charge in [0.2, 0.25) is 5.91 Å². The third kappa shape index (κ3) is 8.99. The first-order valence-electron chi connectivity index (χ1n) is 7.96. The van der Waals surface area contributed by atoms with Gasteiger partial charge in [0.25, 0.3) is 0 Å². The monoisotopic (exact) mass is 368 g/mol. The number of thioether (sulfide) groups is 1. The Morgan fingerprint density at radius 1 is 1.16 bits per heavy atom. The molecule has 0 heterocycles. The number of hydrogen-bond acceptors (Lipinski definition) is 6. The van der Waals surface area contributed by atoms with Gasteiger partial charge in [0.05, 0.1) is 6.61 Å². The highest BCUT2D eigenvalue weighted by Crippen LogP contribution is 2.04. The molecule has 0 radical (unpaired) electrons. The fourth-order valence-electron chi connectivity index (χ4n) is 1.91. The third-order valence-electron chi connectivity index (χ3n) is 3.14. The van der Waals surface area contributed by atoms with Gasteiger partial charge in [0, 0.05) is 0 Å². The highest BCUT2D eigenvalue weighted by molar-refractivity contribution is 7.98. The largest absolute Gasteiger partial charge is 0.465 e. The number of carbonyl (C=O) groups is 3. The first kappa shape index (κ1) is 20.8. The predicted molar refractivity (Wildman–Crippen MR) is 96.2 cm³/mol. The first-order chi connectivity index (χ1) is 12.1. The number of benzene rings is 1. The van der Waals surface area contributed by atoms with Crippen LogP contribution in [-0.4, -0.2) is 49.2 Å². The lowest BCUT2D eigenvalue weighted by atomic mass is 10.2. The number of hydrogen-bond donors (Lipinski definition) is 2. The molecule has 0 aliphatic carbocycles. The summed E-state index contributed by atoms with van der Waals surface area (Å²) in [4.78, 5) is 35.4. The fourth-order valence-corrected chi connectivity index (χ4v) is 2.38. The third-order valence-corrected chi connectivity index (χ3v) is 3.79. The van der Waals surface area contributed by atoms with Gasteiger partial charge in [0.15, 0.2) is 0 Å². The topological polar surface area (TPSA) is 93.7 Å². The maximum absolute atomic E-state index is 12.2. The number of alkyl carbamates (subject to hydrolysis) is 1. The summed E-state index contributed by atoms with van der Waals surface area (Å²) in [6.07, 6.45) is 1.65. The molecule has 7 nitrogen and oxygen atoms in total.